The highest BCUT2D eigenvalue weighted by atomic mass is 35.5. The second-order valence-electron chi connectivity index (χ2n) is 5.36. The third-order valence-corrected chi connectivity index (χ3v) is 4.19. The molecule has 128 valence electrons. The van der Waals surface area contributed by atoms with Crippen LogP contribution in [0.5, 0.6) is 5.75 Å². The van der Waals surface area contributed by atoms with E-state index in [2.05, 4.69) is 0 Å². The van der Waals surface area contributed by atoms with Gasteiger partial charge in [-0.25, -0.2) is 4.79 Å². The van der Waals surface area contributed by atoms with Gasteiger partial charge >= 0.3 is 5.97 Å². The Balaban J connectivity index is 2.25. The lowest BCUT2D eigenvalue weighted by atomic mass is 10.1. The van der Waals surface area contributed by atoms with Gasteiger partial charge in [0, 0.05) is 18.3 Å². The highest BCUT2D eigenvalue weighted by molar-refractivity contribution is 6.32. The normalized spacial score (nSPS) is 10.5. The molecular formula is C18H20ClNO4. The van der Waals surface area contributed by atoms with Gasteiger partial charge in [-0.1, -0.05) is 23.7 Å². The van der Waals surface area contributed by atoms with Crippen LogP contribution in [0.1, 0.15) is 39.0 Å². The van der Waals surface area contributed by atoms with Gasteiger partial charge in [-0.2, -0.15) is 0 Å². The Hall–Kier alpha value is -2.27. The van der Waals surface area contributed by atoms with E-state index in [1.165, 1.54) is 0 Å². The molecule has 0 aliphatic heterocycles. The summed E-state index contributed by atoms with van der Waals surface area (Å²) in [6.07, 6.45) is 0. The lowest BCUT2D eigenvalue weighted by molar-refractivity contribution is 0.0514. The maximum atomic E-state index is 12.6. The predicted molar refractivity (Wildman–Crippen MR) is 92.1 cm³/mol. The zero-order chi connectivity index (χ0) is 17.9. The summed E-state index contributed by atoms with van der Waals surface area (Å²) in [5.74, 6) is -0.202. The van der Waals surface area contributed by atoms with E-state index in [0.717, 1.165) is 0 Å². The second kappa shape index (κ2) is 7.53. The Bertz CT molecular complexity index is 780. The fourth-order valence-corrected chi connectivity index (χ4v) is 2.84. The summed E-state index contributed by atoms with van der Waals surface area (Å²) in [5, 5.41) is 0.444. The Morgan fingerprint density at radius 3 is 2.50 bits per heavy atom. The average molecular weight is 350 g/mol. The molecule has 0 bridgehead atoms. The topological polar surface area (TPSA) is 57.5 Å². The highest BCUT2D eigenvalue weighted by Gasteiger charge is 2.25. The van der Waals surface area contributed by atoms with E-state index in [0.29, 0.717) is 33.3 Å². The Morgan fingerprint density at radius 1 is 1.21 bits per heavy atom. The number of carbonyl (C=O) groups is 2. The van der Waals surface area contributed by atoms with Crippen LogP contribution in [0.4, 0.5) is 0 Å². The van der Waals surface area contributed by atoms with E-state index in [1.807, 2.05) is 0 Å². The van der Waals surface area contributed by atoms with Crippen LogP contribution in [0.25, 0.3) is 0 Å². The van der Waals surface area contributed by atoms with Gasteiger partial charge < -0.3 is 14.0 Å². The molecule has 5 nitrogen and oxygen atoms in total. The number of ketones is 1. The number of hydrogen-bond acceptors (Lipinski definition) is 4. The number of carbonyl (C=O) groups excluding carboxylic acids is 2. The minimum absolute atomic E-state index is 0.155. The summed E-state index contributed by atoms with van der Waals surface area (Å²) in [4.78, 5) is 24.7. The van der Waals surface area contributed by atoms with Crippen LogP contribution in [-0.2, 0) is 11.8 Å². The van der Waals surface area contributed by atoms with E-state index in [1.54, 1.807) is 56.7 Å². The quantitative estimate of drug-likeness (QED) is 0.589. The molecule has 2 rings (SSSR count). The number of benzene rings is 1. The van der Waals surface area contributed by atoms with Crippen LogP contribution in [0.3, 0.4) is 0 Å². The molecular weight excluding hydrogens is 330 g/mol. The van der Waals surface area contributed by atoms with Gasteiger partial charge in [-0.3, -0.25) is 4.79 Å². The van der Waals surface area contributed by atoms with Gasteiger partial charge in [0.05, 0.1) is 11.6 Å². The number of halogens is 1. The lowest BCUT2D eigenvalue weighted by Crippen LogP contribution is -2.14. The number of para-hydroxylation sites is 1. The van der Waals surface area contributed by atoms with Gasteiger partial charge in [0.1, 0.15) is 11.4 Å². The molecule has 2 aromatic rings. The molecule has 0 aliphatic carbocycles. The smallest absolute Gasteiger partial charge is 0.355 e. The van der Waals surface area contributed by atoms with Crippen LogP contribution in [0.2, 0.25) is 5.02 Å². The van der Waals surface area contributed by atoms with Crippen LogP contribution in [0.15, 0.2) is 24.3 Å². The molecule has 24 heavy (non-hydrogen) atoms. The zero-order valence-corrected chi connectivity index (χ0v) is 14.9. The van der Waals surface area contributed by atoms with E-state index < -0.39 is 5.97 Å². The van der Waals surface area contributed by atoms with Crippen LogP contribution >= 0.6 is 11.6 Å². The van der Waals surface area contributed by atoms with Crippen molar-refractivity contribution in [1.82, 2.24) is 4.57 Å². The van der Waals surface area contributed by atoms with Crippen molar-refractivity contribution in [2.75, 3.05) is 13.2 Å². The van der Waals surface area contributed by atoms with Gasteiger partial charge in [0.2, 0.25) is 5.78 Å². The van der Waals surface area contributed by atoms with Crippen molar-refractivity contribution in [2.45, 2.75) is 20.8 Å². The third kappa shape index (κ3) is 3.46. The molecule has 1 aromatic heterocycles. The molecule has 0 saturated heterocycles. The molecule has 0 fully saturated rings. The van der Waals surface area contributed by atoms with Crippen molar-refractivity contribution in [3.8, 4) is 5.75 Å². The number of rotatable bonds is 6. The van der Waals surface area contributed by atoms with E-state index >= 15 is 0 Å². The fraction of sp³-hybridized carbons (Fsp3) is 0.333. The van der Waals surface area contributed by atoms with E-state index in [9.17, 15) is 9.59 Å². The first-order valence-electron chi connectivity index (χ1n) is 7.62. The standard InChI is InChI=1S/C18H20ClNO4/c1-5-23-18(22)17-11(2)16(12(3)20(17)4)14(21)10-24-15-9-7-6-8-13(15)19/h6-9H,5,10H2,1-4H3. The number of esters is 1. The molecule has 6 heteroatoms. The number of nitrogens with zero attached hydrogens (tertiary/aromatic N) is 1. The molecule has 0 aliphatic rings. The van der Waals surface area contributed by atoms with Crippen LogP contribution < -0.4 is 4.74 Å². The van der Waals surface area contributed by atoms with Crippen molar-refractivity contribution in [1.29, 1.82) is 0 Å². The Morgan fingerprint density at radius 2 is 1.88 bits per heavy atom. The maximum absolute atomic E-state index is 12.6. The van der Waals surface area contributed by atoms with Crippen molar-refractivity contribution in [3.05, 3.63) is 51.8 Å². The van der Waals surface area contributed by atoms with Gasteiger partial charge in [0.25, 0.3) is 0 Å². The second-order valence-corrected chi connectivity index (χ2v) is 5.76. The largest absolute Gasteiger partial charge is 0.484 e. The molecule has 1 aromatic carbocycles. The van der Waals surface area contributed by atoms with Crippen molar-refractivity contribution < 1.29 is 19.1 Å². The van der Waals surface area contributed by atoms with E-state index in [-0.39, 0.29) is 19.0 Å². The summed E-state index contributed by atoms with van der Waals surface area (Å²) < 4.78 is 12.3. The molecule has 0 atom stereocenters. The summed E-state index contributed by atoms with van der Waals surface area (Å²) in [5.41, 5.74) is 2.16. The molecule has 0 amide bonds. The first-order valence-corrected chi connectivity index (χ1v) is 7.99. The van der Waals surface area contributed by atoms with Crippen LogP contribution in [0, 0.1) is 13.8 Å². The predicted octanol–water partition coefficient (Wildman–Crippen LogP) is 3.73. The monoisotopic (exact) mass is 349 g/mol. The minimum atomic E-state index is -0.438. The van der Waals surface area contributed by atoms with Crippen molar-refractivity contribution >= 4 is 23.4 Å². The fourth-order valence-electron chi connectivity index (χ4n) is 2.65. The average Bonchev–Trinajstić information content (AvgIpc) is 2.76. The summed E-state index contributed by atoms with van der Waals surface area (Å²) in [6, 6.07) is 6.96. The minimum Gasteiger partial charge on any atom is -0.484 e. The SMILES string of the molecule is CCOC(=O)c1c(C)c(C(=O)COc2ccccc2Cl)c(C)n1C. The molecule has 1 heterocycles. The maximum Gasteiger partial charge on any atom is 0.355 e. The van der Waals surface area contributed by atoms with E-state index in [4.69, 9.17) is 21.1 Å². The molecule has 0 radical (unpaired) electrons. The number of hydrogen-bond donors (Lipinski definition) is 0. The first-order chi connectivity index (χ1) is 11.4. The Labute approximate surface area is 146 Å². The number of ether oxygens (including phenoxy) is 2. The highest BCUT2D eigenvalue weighted by Crippen LogP contribution is 2.25. The molecule has 0 saturated carbocycles. The molecule has 0 spiro atoms. The summed E-state index contributed by atoms with van der Waals surface area (Å²) >= 11 is 6.02. The van der Waals surface area contributed by atoms with Crippen molar-refractivity contribution in [3.63, 3.8) is 0 Å². The summed E-state index contributed by atoms with van der Waals surface area (Å²) in [7, 11) is 1.74. The first kappa shape index (κ1) is 18.1. The number of aromatic nitrogens is 1. The third-order valence-electron chi connectivity index (χ3n) is 3.87. The molecule has 0 unspecified atom stereocenters. The number of Topliss-reactive ketones (excluding diaryl/α,β-unsaturated/α-hetero) is 1. The van der Waals surface area contributed by atoms with Gasteiger partial charge in [0.15, 0.2) is 6.61 Å². The van der Waals surface area contributed by atoms with Gasteiger partial charge in [-0.15, -0.1) is 0 Å². The van der Waals surface area contributed by atoms with Gasteiger partial charge in [-0.05, 0) is 38.5 Å². The zero-order valence-electron chi connectivity index (χ0n) is 14.2. The summed E-state index contributed by atoms with van der Waals surface area (Å²) in [6.45, 7) is 5.39. The Kier molecular flexibility index (Phi) is 5.67. The molecule has 0 N–H and O–H groups in total. The lowest BCUT2D eigenvalue weighted by Gasteiger charge is -2.07. The van der Waals surface area contributed by atoms with Crippen LogP contribution in [-0.4, -0.2) is 29.5 Å². The van der Waals surface area contributed by atoms with Crippen molar-refractivity contribution in [2.24, 2.45) is 7.05 Å².